The van der Waals surface area contributed by atoms with Crippen molar-refractivity contribution in [1.82, 2.24) is 15.0 Å². The summed E-state index contributed by atoms with van der Waals surface area (Å²) >= 11 is 0. The molecule has 1 atom stereocenters. The van der Waals surface area contributed by atoms with Gasteiger partial charge in [0.05, 0.1) is 29.4 Å². The van der Waals surface area contributed by atoms with Gasteiger partial charge in [0.2, 0.25) is 0 Å². The van der Waals surface area contributed by atoms with Crippen molar-refractivity contribution in [3.05, 3.63) is 59.0 Å². The number of benzene rings is 1. The summed E-state index contributed by atoms with van der Waals surface area (Å²) in [6.45, 7) is 3.34. The van der Waals surface area contributed by atoms with Crippen LogP contribution in [0.15, 0.2) is 34.9 Å². The van der Waals surface area contributed by atoms with Gasteiger partial charge in [-0.3, -0.25) is 0 Å². The molecule has 7 nitrogen and oxygen atoms in total. The van der Waals surface area contributed by atoms with Crippen molar-refractivity contribution in [3.8, 4) is 0 Å². The van der Waals surface area contributed by atoms with E-state index in [2.05, 4.69) is 15.3 Å². The van der Waals surface area contributed by atoms with Crippen LogP contribution in [0.25, 0.3) is 22.0 Å². The van der Waals surface area contributed by atoms with Crippen LogP contribution in [0.2, 0.25) is 0 Å². The van der Waals surface area contributed by atoms with Crippen LogP contribution in [-0.4, -0.2) is 31.3 Å². The summed E-state index contributed by atoms with van der Waals surface area (Å²) in [6.07, 6.45) is -0.465. The molecule has 0 unspecified atom stereocenters. The van der Waals surface area contributed by atoms with Crippen LogP contribution in [0, 0.1) is 12.7 Å². The van der Waals surface area contributed by atoms with Crippen molar-refractivity contribution in [2.24, 2.45) is 0 Å². The molecule has 3 N–H and O–H groups in total. The number of pyridine rings is 1. The molecule has 4 aromatic rings. The highest BCUT2D eigenvalue weighted by Crippen LogP contribution is 2.42. The van der Waals surface area contributed by atoms with Crippen molar-refractivity contribution < 1.29 is 27.8 Å². The number of furan rings is 1. The van der Waals surface area contributed by atoms with Crippen molar-refractivity contribution in [3.63, 3.8) is 0 Å². The van der Waals surface area contributed by atoms with E-state index in [0.717, 1.165) is 6.07 Å². The zero-order valence-corrected chi connectivity index (χ0v) is 19.2. The zero-order valence-electron chi connectivity index (χ0n) is 19.2. The second-order valence-electron chi connectivity index (χ2n) is 9.12. The highest BCUT2D eigenvalue weighted by molar-refractivity contribution is 6.05. The Kier molecular flexibility index (Phi) is 5.88. The van der Waals surface area contributed by atoms with E-state index in [1.165, 1.54) is 18.4 Å². The van der Waals surface area contributed by atoms with Crippen LogP contribution in [0.3, 0.4) is 0 Å². The first-order valence-electron chi connectivity index (χ1n) is 11.5. The number of aliphatic hydroxyl groups is 2. The van der Waals surface area contributed by atoms with Gasteiger partial charge in [-0.25, -0.2) is 28.1 Å². The SMILES string of the molecule is Cc1nc(N[C@H](C)c2cccc(C(F)F)c2F)c2nc(C3(O)CCC(O)CC3)c3occc3c2n1. The zero-order chi connectivity index (χ0) is 24.9. The first kappa shape index (κ1) is 23.5. The van der Waals surface area contributed by atoms with Crippen molar-refractivity contribution in [2.45, 2.75) is 63.7 Å². The molecule has 1 fully saturated rings. The standard InChI is InChI=1S/C25H25F3N4O3/c1-12(15-4-3-5-16(18(15)26)23(27)28)29-24-20-19(30-13(2)31-24)17-8-11-35-21(17)22(32-20)25(34)9-6-14(33)7-10-25/h3-5,8,11-12,14,23,33-34H,6-7,9-10H2,1-2H3,(H,29,30,31)/t12-,14?,25?/m1/s1. The number of hydrogen-bond donors (Lipinski definition) is 3. The van der Waals surface area contributed by atoms with Gasteiger partial charge in [-0.2, -0.15) is 0 Å². The number of anilines is 1. The van der Waals surface area contributed by atoms with Crippen LogP contribution in [0.1, 0.15) is 67.7 Å². The lowest BCUT2D eigenvalue weighted by molar-refractivity contribution is -0.0384. The molecule has 0 spiro atoms. The molecular weight excluding hydrogens is 461 g/mol. The number of aromatic nitrogens is 3. The summed E-state index contributed by atoms with van der Waals surface area (Å²) in [6, 6.07) is 4.91. The molecule has 1 aliphatic carbocycles. The smallest absolute Gasteiger partial charge is 0.266 e. The molecule has 0 amide bonds. The summed E-state index contributed by atoms with van der Waals surface area (Å²) in [7, 11) is 0. The van der Waals surface area contributed by atoms with Gasteiger partial charge >= 0.3 is 0 Å². The molecule has 1 aromatic carbocycles. The fourth-order valence-electron chi connectivity index (χ4n) is 4.79. The number of nitrogens with one attached hydrogen (secondary N) is 1. The molecule has 184 valence electrons. The van der Waals surface area contributed by atoms with Crippen molar-refractivity contribution in [1.29, 1.82) is 0 Å². The topological polar surface area (TPSA) is 104 Å². The number of fused-ring (bicyclic) bond motifs is 3. The third kappa shape index (κ3) is 4.10. The lowest BCUT2D eigenvalue weighted by Crippen LogP contribution is -2.34. The van der Waals surface area contributed by atoms with E-state index in [9.17, 15) is 23.4 Å². The second kappa shape index (κ2) is 8.76. The van der Waals surface area contributed by atoms with Gasteiger partial charge in [-0.1, -0.05) is 18.2 Å². The normalized spacial score (nSPS) is 21.7. The highest BCUT2D eigenvalue weighted by atomic mass is 19.3. The molecular formula is C25H25F3N4O3. The number of aliphatic hydroxyl groups excluding tert-OH is 1. The molecule has 3 heterocycles. The summed E-state index contributed by atoms with van der Waals surface area (Å²) in [4.78, 5) is 13.7. The van der Waals surface area contributed by atoms with Gasteiger partial charge in [0, 0.05) is 5.56 Å². The van der Waals surface area contributed by atoms with E-state index in [4.69, 9.17) is 9.40 Å². The minimum absolute atomic E-state index is 0.0664. The molecule has 0 bridgehead atoms. The average molecular weight is 486 g/mol. The van der Waals surface area contributed by atoms with E-state index in [-0.39, 0.29) is 11.4 Å². The summed E-state index contributed by atoms with van der Waals surface area (Å²) < 4.78 is 46.9. The summed E-state index contributed by atoms with van der Waals surface area (Å²) in [5.41, 5.74) is -0.346. The highest BCUT2D eigenvalue weighted by Gasteiger charge is 2.39. The lowest BCUT2D eigenvalue weighted by atomic mass is 9.80. The third-order valence-electron chi connectivity index (χ3n) is 6.69. The molecule has 0 aliphatic heterocycles. The average Bonchev–Trinajstić information content (AvgIpc) is 3.31. The van der Waals surface area contributed by atoms with E-state index in [1.54, 1.807) is 19.9 Å². The predicted molar refractivity (Wildman–Crippen MR) is 124 cm³/mol. The predicted octanol–water partition coefficient (Wildman–Crippen LogP) is 5.45. The first-order valence-corrected chi connectivity index (χ1v) is 11.5. The Labute approximate surface area is 199 Å². The molecule has 35 heavy (non-hydrogen) atoms. The first-order chi connectivity index (χ1) is 16.7. The number of alkyl halides is 2. The summed E-state index contributed by atoms with van der Waals surface area (Å²) in [5, 5.41) is 25.1. The molecule has 3 aromatic heterocycles. The Balaban J connectivity index is 1.64. The minimum Gasteiger partial charge on any atom is -0.462 e. The Hall–Kier alpha value is -3.24. The van der Waals surface area contributed by atoms with Gasteiger partial charge in [0.1, 0.15) is 34.0 Å². The Bertz CT molecular complexity index is 1400. The van der Waals surface area contributed by atoms with E-state index in [1.807, 2.05) is 0 Å². The van der Waals surface area contributed by atoms with Gasteiger partial charge in [0.15, 0.2) is 11.4 Å². The number of aryl methyl sites for hydroxylation is 1. The molecule has 5 rings (SSSR count). The van der Waals surface area contributed by atoms with E-state index in [0.29, 0.717) is 59.2 Å². The van der Waals surface area contributed by atoms with Gasteiger partial charge in [0.25, 0.3) is 6.43 Å². The Morgan fingerprint density at radius 1 is 1.09 bits per heavy atom. The Morgan fingerprint density at radius 3 is 2.51 bits per heavy atom. The molecule has 1 saturated carbocycles. The van der Waals surface area contributed by atoms with E-state index >= 15 is 0 Å². The maximum atomic E-state index is 14.8. The maximum absolute atomic E-state index is 14.8. The number of hydrogen-bond acceptors (Lipinski definition) is 7. The monoisotopic (exact) mass is 486 g/mol. The molecule has 0 saturated heterocycles. The Morgan fingerprint density at radius 2 is 1.80 bits per heavy atom. The number of rotatable bonds is 5. The van der Waals surface area contributed by atoms with Crippen molar-refractivity contribution >= 4 is 27.8 Å². The van der Waals surface area contributed by atoms with E-state index < -0.39 is 35.6 Å². The van der Waals surface area contributed by atoms with Crippen LogP contribution >= 0.6 is 0 Å². The second-order valence-corrected chi connectivity index (χ2v) is 9.12. The number of halogens is 3. The van der Waals surface area contributed by atoms with Crippen LogP contribution in [0.4, 0.5) is 19.0 Å². The third-order valence-corrected chi connectivity index (χ3v) is 6.69. The van der Waals surface area contributed by atoms with Gasteiger partial charge in [-0.15, -0.1) is 0 Å². The van der Waals surface area contributed by atoms with Crippen LogP contribution in [-0.2, 0) is 5.60 Å². The fraction of sp³-hybridized carbons (Fsp3) is 0.400. The lowest BCUT2D eigenvalue weighted by Gasteiger charge is -2.33. The molecule has 0 radical (unpaired) electrons. The molecule has 10 heteroatoms. The van der Waals surface area contributed by atoms with Crippen LogP contribution in [0.5, 0.6) is 0 Å². The summed E-state index contributed by atoms with van der Waals surface area (Å²) in [5.74, 6) is -0.269. The maximum Gasteiger partial charge on any atom is 0.266 e. The molecule has 1 aliphatic rings. The quantitative estimate of drug-likeness (QED) is 0.344. The van der Waals surface area contributed by atoms with Crippen molar-refractivity contribution in [2.75, 3.05) is 5.32 Å². The van der Waals surface area contributed by atoms with Crippen LogP contribution < -0.4 is 5.32 Å². The van der Waals surface area contributed by atoms with Gasteiger partial charge < -0.3 is 19.9 Å². The largest absolute Gasteiger partial charge is 0.462 e. The van der Waals surface area contributed by atoms with Gasteiger partial charge in [-0.05, 0) is 45.6 Å². The fourth-order valence-corrected chi connectivity index (χ4v) is 4.79. The number of nitrogens with zero attached hydrogens (tertiary/aromatic N) is 3. The minimum atomic E-state index is -2.93.